The van der Waals surface area contributed by atoms with Crippen molar-refractivity contribution in [3.63, 3.8) is 0 Å². The molecule has 1 aromatic heterocycles. The molecule has 0 aliphatic rings. The highest BCUT2D eigenvalue weighted by Crippen LogP contribution is 2.30. The molecule has 0 aliphatic carbocycles. The third kappa shape index (κ3) is 2.38. The van der Waals surface area contributed by atoms with E-state index in [1.54, 1.807) is 17.7 Å². The van der Waals surface area contributed by atoms with Gasteiger partial charge in [-0.1, -0.05) is 6.07 Å². The van der Waals surface area contributed by atoms with Crippen LogP contribution in [0.25, 0.3) is 11.0 Å². The molecule has 110 valence electrons. The van der Waals surface area contributed by atoms with E-state index >= 15 is 0 Å². The van der Waals surface area contributed by atoms with Crippen LogP contribution in [0.5, 0.6) is 0 Å². The fourth-order valence-electron chi connectivity index (χ4n) is 2.44. The van der Waals surface area contributed by atoms with Crippen LogP contribution in [0, 0.1) is 0 Å². The third-order valence-corrected chi connectivity index (χ3v) is 4.30. The van der Waals surface area contributed by atoms with Gasteiger partial charge in [0.1, 0.15) is 5.52 Å². The van der Waals surface area contributed by atoms with Crippen LogP contribution in [0.15, 0.2) is 23.1 Å². The van der Waals surface area contributed by atoms with Crippen molar-refractivity contribution in [3.05, 3.63) is 18.2 Å². The molecule has 0 atom stereocenters. The minimum absolute atomic E-state index is 0.189. The second-order valence-electron chi connectivity index (χ2n) is 5.45. The van der Waals surface area contributed by atoms with Gasteiger partial charge in [-0.3, -0.25) is 0 Å². The maximum absolute atomic E-state index is 11.8. The molecule has 7 heteroatoms. The molecule has 0 saturated heterocycles. The average Bonchev–Trinajstić information content (AvgIpc) is 2.63. The smallest absolute Gasteiger partial charge is 0.201 e. The van der Waals surface area contributed by atoms with Crippen LogP contribution in [0.4, 0.5) is 5.95 Å². The second-order valence-corrected chi connectivity index (χ2v) is 7.43. The van der Waals surface area contributed by atoms with Gasteiger partial charge in [-0.15, -0.1) is 0 Å². The lowest BCUT2D eigenvalue weighted by Crippen LogP contribution is -2.32. The normalized spacial score (nSPS) is 13.0. The first-order valence-electron chi connectivity index (χ1n) is 6.15. The molecule has 2 aromatic rings. The first kappa shape index (κ1) is 14.8. The molecule has 0 fully saturated rings. The number of ether oxygens (including phenoxy) is 1. The summed E-state index contributed by atoms with van der Waals surface area (Å²) < 4.78 is 30.7. The van der Waals surface area contributed by atoms with Gasteiger partial charge in [0, 0.05) is 13.4 Å². The number of fused-ring (bicyclic) bond motifs is 1. The Hall–Kier alpha value is -1.60. The van der Waals surface area contributed by atoms with Crippen LogP contribution in [0.1, 0.15) is 13.8 Å². The summed E-state index contributed by atoms with van der Waals surface area (Å²) in [6, 6.07) is 5.04. The van der Waals surface area contributed by atoms with Crippen LogP contribution < -0.4 is 5.73 Å². The van der Waals surface area contributed by atoms with Crippen molar-refractivity contribution < 1.29 is 13.2 Å². The number of hydrogen-bond acceptors (Lipinski definition) is 5. The third-order valence-electron chi connectivity index (χ3n) is 3.18. The van der Waals surface area contributed by atoms with Crippen molar-refractivity contribution in [2.24, 2.45) is 0 Å². The molecule has 2 rings (SSSR count). The van der Waals surface area contributed by atoms with E-state index in [-0.39, 0.29) is 10.8 Å². The number of nitrogens with zero attached hydrogens (tertiary/aromatic N) is 2. The molecule has 0 amide bonds. The number of aromatic nitrogens is 2. The predicted octanol–water partition coefficient (Wildman–Crippen LogP) is 1.40. The standard InChI is InChI=1S/C13H19N3O3S/c1-13(2,8-19-3)16-9-6-5-7-10(20(4,17)18)11(9)15-12(16)14/h5-7H,8H2,1-4H3,(H2,14,15). The molecule has 0 unspecified atom stereocenters. The summed E-state index contributed by atoms with van der Waals surface area (Å²) in [6.45, 7) is 4.36. The second kappa shape index (κ2) is 4.75. The quantitative estimate of drug-likeness (QED) is 0.921. The number of benzene rings is 1. The van der Waals surface area contributed by atoms with Crippen molar-refractivity contribution in [1.82, 2.24) is 9.55 Å². The van der Waals surface area contributed by atoms with Gasteiger partial charge in [0.15, 0.2) is 9.84 Å². The zero-order valence-electron chi connectivity index (χ0n) is 12.0. The van der Waals surface area contributed by atoms with Gasteiger partial charge in [-0.2, -0.15) is 0 Å². The fourth-order valence-corrected chi connectivity index (χ4v) is 3.27. The minimum atomic E-state index is -3.35. The first-order chi connectivity index (χ1) is 9.18. The molecule has 1 heterocycles. The van der Waals surface area contributed by atoms with Gasteiger partial charge in [0.2, 0.25) is 5.95 Å². The maximum atomic E-state index is 11.8. The van der Waals surface area contributed by atoms with Crippen LogP contribution in [-0.4, -0.2) is 37.9 Å². The van der Waals surface area contributed by atoms with E-state index in [2.05, 4.69) is 4.98 Å². The summed E-state index contributed by atoms with van der Waals surface area (Å²) in [4.78, 5) is 4.42. The predicted molar refractivity (Wildman–Crippen MR) is 78.5 cm³/mol. The largest absolute Gasteiger partial charge is 0.382 e. The molecule has 20 heavy (non-hydrogen) atoms. The van der Waals surface area contributed by atoms with E-state index in [0.29, 0.717) is 17.6 Å². The van der Waals surface area contributed by atoms with Crippen molar-refractivity contribution in [2.75, 3.05) is 25.7 Å². The number of hydrogen-bond donors (Lipinski definition) is 1. The highest BCUT2D eigenvalue weighted by atomic mass is 32.2. The topological polar surface area (TPSA) is 87.2 Å². The highest BCUT2D eigenvalue weighted by molar-refractivity contribution is 7.91. The number of rotatable bonds is 4. The lowest BCUT2D eigenvalue weighted by atomic mass is 10.1. The molecule has 6 nitrogen and oxygen atoms in total. The Labute approximate surface area is 118 Å². The van der Waals surface area contributed by atoms with Crippen molar-refractivity contribution >= 4 is 26.8 Å². The van der Waals surface area contributed by atoms with Gasteiger partial charge < -0.3 is 15.0 Å². The van der Waals surface area contributed by atoms with E-state index in [0.717, 1.165) is 6.26 Å². The Morgan fingerprint density at radius 1 is 1.40 bits per heavy atom. The number of methoxy groups -OCH3 is 1. The van der Waals surface area contributed by atoms with Crippen molar-refractivity contribution in [2.45, 2.75) is 24.3 Å². The lowest BCUT2D eigenvalue weighted by molar-refractivity contribution is 0.113. The summed E-state index contributed by atoms with van der Waals surface area (Å²) in [7, 11) is -1.74. The molecule has 0 radical (unpaired) electrons. The van der Waals surface area contributed by atoms with Crippen LogP contribution in [-0.2, 0) is 20.1 Å². The van der Waals surface area contributed by atoms with Crippen LogP contribution in [0.3, 0.4) is 0 Å². The summed E-state index contributed by atoms with van der Waals surface area (Å²) >= 11 is 0. The Kier molecular flexibility index (Phi) is 3.51. The van der Waals surface area contributed by atoms with Gasteiger partial charge >= 0.3 is 0 Å². The minimum Gasteiger partial charge on any atom is -0.382 e. The summed E-state index contributed by atoms with van der Waals surface area (Å²) in [6.07, 6.45) is 1.16. The number of sulfone groups is 1. The van der Waals surface area contributed by atoms with Gasteiger partial charge in [0.25, 0.3) is 0 Å². The number of nitrogen functional groups attached to an aromatic ring is 1. The molecule has 0 aliphatic heterocycles. The van der Waals surface area contributed by atoms with Gasteiger partial charge in [-0.25, -0.2) is 13.4 Å². The zero-order valence-corrected chi connectivity index (χ0v) is 12.9. The average molecular weight is 297 g/mol. The molecule has 0 spiro atoms. The monoisotopic (exact) mass is 297 g/mol. The number of imidazole rings is 1. The van der Waals surface area contributed by atoms with Gasteiger partial charge in [0.05, 0.1) is 22.6 Å². The lowest BCUT2D eigenvalue weighted by Gasteiger charge is -2.27. The Balaban J connectivity index is 2.80. The molecule has 1 aromatic carbocycles. The Morgan fingerprint density at radius 2 is 2.05 bits per heavy atom. The fraction of sp³-hybridized carbons (Fsp3) is 0.462. The molecular weight excluding hydrogens is 278 g/mol. The molecule has 0 saturated carbocycles. The summed E-state index contributed by atoms with van der Waals surface area (Å²) in [5, 5.41) is 0. The van der Waals surface area contributed by atoms with E-state index in [1.165, 1.54) is 6.07 Å². The maximum Gasteiger partial charge on any atom is 0.201 e. The zero-order chi connectivity index (χ0) is 15.1. The molecular formula is C13H19N3O3S. The highest BCUT2D eigenvalue weighted by Gasteiger charge is 2.27. The van der Waals surface area contributed by atoms with E-state index in [9.17, 15) is 8.42 Å². The number of nitrogens with two attached hydrogens (primary N) is 1. The SMILES string of the molecule is COCC(C)(C)n1c(N)nc2c(S(C)(=O)=O)cccc21. The Bertz CT molecular complexity index is 748. The Morgan fingerprint density at radius 3 is 2.60 bits per heavy atom. The molecule has 0 bridgehead atoms. The van der Waals surface area contributed by atoms with Crippen molar-refractivity contribution in [3.8, 4) is 0 Å². The number of para-hydroxylation sites is 1. The molecule has 2 N–H and O–H groups in total. The van der Waals surface area contributed by atoms with Gasteiger partial charge in [-0.05, 0) is 26.0 Å². The summed E-state index contributed by atoms with van der Waals surface area (Å²) in [5.41, 5.74) is 6.64. The van der Waals surface area contributed by atoms with E-state index in [1.807, 2.05) is 19.9 Å². The first-order valence-corrected chi connectivity index (χ1v) is 8.04. The van der Waals surface area contributed by atoms with Crippen LogP contribution >= 0.6 is 0 Å². The van der Waals surface area contributed by atoms with Crippen LogP contribution in [0.2, 0.25) is 0 Å². The van der Waals surface area contributed by atoms with Crippen molar-refractivity contribution in [1.29, 1.82) is 0 Å². The van der Waals surface area contributed by atoms with E-state index in [4.69, 9.17) is 10.5 Å². The number of anilines is 1. The van der Waals surface area contributed by atoms with E-state index < -0.39 is 15.4 Å². The summed E-state index contributed by atoms with van der Waals surface area (Å²) in [5.74, 6) is 0.276.